The highest BCUT2D eigenvalue weighted by Crippen LogP contribution is 2.05. The summed E-state index contributed by atoms with van der Waals surface area (Å²) in [7, 11) is -1.35. The molecular formula is C8H19NO2S. The highest BCUT2D eigenvalue weighted by atomic mass is 32.2. The molecule has 0 bridgehead atoms. The van der Waals surface area contributed by atoms with Crippen molar-refractivity contribution in [2.24, 2.45) is 0 Å². The second-order valence-electron chi connectivity index (χ2n) is 3.28. The molecule has 3 nitrogen and oxygen atoms in total. The number of hydrogen-bond acceptors (Lipinski definition) is 2. The van der Waals surface area contributed by atoms with Crippen LogP contribution >= 0.6 is 0 Å². The molecular weight excluding hydrogens is 174 g/mol. The zero-order valence-corrected chi connectivity index (χ0v) is 9.19. The van der Waals surface area contributed by atoms with E-state index >= 15 is 0 Å². The minimum absolute atomic E-state index is 0.0619. The Morgan fingerprint density at radius 2 is 1.83 bits per heavy atom. The third-order valence-corrected chi connectivity index (χ3v) is 4.03. The van der Waals surface area contributed by atoms with Crippen molar-refractivity contribution >= 4 is 10.0 Å². The molecule has 0 rings (SSSR count). The fourth-order valence-electron chi connectivity index (χ4n) is 0.792. The van der Waals surface area contributed by atoms with Crippen LogP contribution in [0.4, 0.5) is 0 Å². The Bertz CT molecular complexity index is 209. The molecule has 0 aliphatic rings. The first kappa shape index (κ1) is 11.9. The zero-order chi connectivity index (χ0) is 9.78. The topological polar surface area (TPSA) is 37.4 Å². The molecule has 0 unspecified atom stereocenters. The van der Waals surface area contributed by atoms with Crippen molar-refractivity contribution in [2.45, 2.75) is 39.7 Å². The summed E-state index contributed by atoms with van der Waals surface area (Å²) in [6.45, 7) is 5.75. The minimum Gasteiger partial charge on any atom is -0.212 e. The van der Waals surface area contributed by atoms with E-state index in [1.165, 1.54) is 4.31 Å². The third-order valence-electron chi connectivity index (χ3n) is 1.92. The van der Waals surface area contributed by atoms with E-state index in [1.54, 1.807) is 7.05 Å². The van der Waals surface area contributed by atoms with Gasteiger partial charge in [-0.05, 0) is 20.3 Å². The van der Waals surface area contributed by atoms with Gasteiger partial charge >= 0.3 is 0 Å². The van der Waals surface area contributed by atoms with Gasteiger partial charge in [0.25, 0.3) is 0 Å². The van der Waals surface area contributed by atoms with E-state index in [1.807, 2.05) is 20.8 Å². The van der Waals surface area contributed by atoms with E-state index in [0.29, 0.717) is 0 Å². The second kappa shape index (κ2) is 4.82. The molecule has 0 heterocycles. The van der Waals surface area contributed by atoms with Crippen LogP contribution in [0.2, 0.25) is 0 Å². The highest BCUT2D eigenvalue weighted by Gasteiger charge is 2.18. The number of sulfonamides is 1. The van der Waals surface area contributed by atoms with Gasteiger partial charge in [-0.25, -0.2) is 12.7 Å². The normalized spacial score (nSPS) is 12.8. The maximum atomic E-state index is 11.5. The van der Waals surface area contributed by atoms with E-state index in [-0.39, 0.29) is 11.8 Å². The number of rotatable bonds is 5. The van der Waals surface area contributed by atoms with Gasteiger partial charge in [0.1, 0.15) is 0 Å². The molecule has 0 spiro atoms. The van der Waals surface area contributed by atoms with Crippen LogP contribution in [0.5, 0.6) is 0 Å². The maximum Gasteiger partial charge on any atom is 0.214 e. The van der Waals surface area contributed by atoms with Crippen LogP contribution in [0.25, 0.3) is 0 Å². The van der Waals surface area contributed by atoms with Crippen molar-refractivity contribution in [1.29, 1.82) is 0 Å². The number of hydrogen-bond donors (Lipinski definition) is 0. The summed E-state index contributed by atoms with van der Waals surface area (Å²) in [6.07, 6.45) is 1.67. The molecule has 0 saturated heterocycles. The lowest BCUT2D eigenvalue weighted by molar-refractivity contribution is 0.409. The molecule has 0 saturated carbocycles. The molecule has 0 aliphatic carbocycles. The Morgan fingerprint density at radius 1 is 1.33 bits per heavy atom. The Labute approximate surface area is 75.8 Å². The molecule has 74 valence electrons. The lowest BCUT2D eigenvalue weighted by atomic mass is 10.4. The maximum absolute atomic E-state index is 11.5. The molecule has 0 radical (unpaired) electrons. The SMILES string of the molecule is CCCCS(=O)(=O)N(C)C(C)C. The zero-order valence-electron chi connectivity index (χ0n) is 8.37. The van der Waals surface area contributed by atoms with Crippen molar-refractivity contribution in [1.82, 2.24) is 4.31 Å². The Kier molecular flexibility index (Phi) is 4.78. The summed E-state index contributed by atoms with van der Waals surface area (Å²) in [5.41, 5.74) is 0. The monoisotopic (exact) mass is 193 g/mol. The number of unbranched alkanes of at least 4 members (excludes halogenated alkanes) is 1. The van der Waals surface area contributed by atoms with Crippen LogP contribution in [0.3, 0.4) is 0 Å². The van der Waals surface area contributed by atoms with Gasteiger partial charge < -0.3 is 0 Å². The Morgan fingerprint density at radius 3 is 2.17 bits per heavy atom. The first-order chi connectivity index (χ1) is 5.41. The summed E-state index contributed by atoms with van der Waals surface area (Å²) >= 11 is 0. The summed E-state index contributed by atoms with van der Waals surface area (Å²) in [6, 6.07) is 0.0619. The van der Waals surface area contributed by atoms with Gasteiger partial charge in [-0.3, -0.25) is 0 Å². The van der Waals surface area contributed by atoms with Crippen LogP contribution in [-0.2, 0) is 10.0 Å². The van der Waals surface area contributed by atoms with Crippen LogP contribution in [0.15, 0.2) is 0 Å². The predicted molar refractivity (Wildman–Crippen MR) is 51.6 cm³/mol. The number of nitrogens with zero attached hydrogens (tertiary/aromatic N) is 1. The molecule has 0 atom stereocenters. The van der Waals surface area contributed by atoms with E-state index in [0.717, 1.165) is 12.8 Å². The van der Waals surface area contributed by atoms with Crippen molar-refractivity contribution in [3.8, 4) is 0 Å². The molecule has 0 aromatic rings. The largest absolute Gasteiger partial charge is 0.214 e. The Balaban J connectivity index is 4.21. The van der Waals surface area contributed by atoms with E-state index in [9.17, 15) is 8.42 Å². The third kappa shape index (κ3) is 3.54. The van der Waals surface area contributed by atoms with Crippen molar-refractivity contribution in [3.63, 3.8) is 0 Å². The van der Waals surface area contributed by atoms with Gasteiger partial charge in [0.15, 0.2) is 0 Å². The van der Waals surface area contributed by atoms with Gasteiger partial charge in [-0.1, -0.05) is 13.3 Å². The average molecular weight is 193 g/mol. The van der Waals surface area contributed by atoms with E-state index in [2.05, 4.69) is 0 Å². The first-order valence-corrected chi connectivity index (χ1v) is 5.98. The van der Waals surface area contributed by atoms with Gasteiger partial charge in [0, 0.05) is 13.1 Å². The summed E-state index contributed by atoms with van der Waals surface area (Å²) in [5, 5.41) is 0. The van der Waals surface area contributed by atoms with Crippen molar-refractivity contribution in [2.75, 3.05) is 12.8 Å². The van der Waals surface area contributed by atoms with E-state index in [4.69, 9.17) is 0 Å². The molecule has 0 aromatic heterocycles. The molecule has 0 amide bonds. The quantitative estimate of drug-likeness (QED) is 0.663. The fraction of sp³-hybridized carbons (Fsp3) is 1.00. The standard InChI is InChI=1S/C8H19NO2S/c1-5-6-7-12(10,11)9(4)8(2)3/h8H,5-7H2,1-4H3. The fourth-order valence-corrected chi connectivity index (χ4v) is 2.38. The van der Waals surface area contributed by atoms with Crippen molar-refractivity contribution in [3.05, 3.63) is 0 Å². The first-order valence-electron chi connectivity index (χ1n) is 4.37. The lowest BCUT2D eigenvalue weighted by Crippen LogP contribution is -2.34. The molecule has 0 aliphatic heterocycles. The smallest absolute Gasteiger partial charge is 0.212 e. The van der Waals surface area contributed by atoms with Crippen LogP contribution in [0, 0.1) is 0 Å². The van der Waals surface area contributed by atoms with Crippen LogP contribution < -0.4 is 0 Å². The van der Waals surface area contributed by atoms with Crippen LogP contribution in [0.1, 0.15) is 33.6 Å². The minimum atomic E-state index is -2.99. The Hall–Kier alpha value is -0.0900. The van der Waals surface area contributed by atoms with Gasteiger partial charge in [0.2, 0.25) is 10.0 Å². The van der Waals surface area contributed by atoms with Gasteiger partial charge in [-0.2, -0.15) is 0 Å². The summed E-state index contributed by atoms with van der Waals surface area (Å²) in [4.78, 5) is 0. The predicted octanol–water partition coefficient (Wildman–Crippen LogP) is 1.46. The second-order valence-corrected chi connectivity index (χ2v) is 5.43. The molecule has 4 heteroatoms. The van der Waals surface area contributed by atoms with E-state index < -0.39 is 10.0 Å². The lowest BCUT2D eigenvalue weighted by Gasteiger charge is -2.20. The summed E-state index contributed by atoms with van der Waals surface area (Å²) < 4.78 is 24.3. The molecule has 0 aromatic carbocycles. The van der Waals surface area contributed by atoms with Gasteiger partial charge in [0.05, 0.1) is 5.75 Å². The van der Waals surface area contributed by atoms with Crippen molar-refractivity contribution < 1.29 is 8.42 Å². The average Bonchev–Trinajstić information content (AvgIpc) is 1.99. The highest BCUT2D eigenvalue weighted by molar-refractivity contribution is 7.89. The van der Waals surface area contributed by atoms with Crippen LogP contribution in [-0.4, -0.2) is 31.6 Å². The summed E-state index contributed by atoms with van der Waals surface area (Å²) in [5.74, 6) is 0.276. The van der Waals surface area contributed by atoms with Gasteiger partial charge in [-0.15, -0.1) is 0 Å². The molecule has 0 N–H and O–H groups in total. The molecule has 0 fully saturated rings. The molecule has 12 heavy (non-hydrogen) atoms.